The molecule has 0 spiro atoms. The summed E-state index contributed by atoms with van der Waals surface area (Å²) in [6.07, 6.45) is 0. The quantitative estimate of drug-likeness (QED) is 0.510. The summed E-state index contributed by atoms with van der Waals surface area (Å²) < 4.78 is 0. The van der Waals surface area contributed by atoms with Crippen molar-refractivity contribution < 1.29 is 9.72 Å². The lowest BCUT2D eigenvalue weighted by Crippen LogP contribution is -2.44. The maximum Gasteiger partial charge on any atom is 0.270 e. The van der Waals surface area contributed by atoms with Gasteiger partial charge >= 0.3 is 0 Å². The highest BCUT2D eigenvalue weighted by Crippen LogP contribution is 2.32. The molecule has 1 fully saturated rings. The number of hydrogen-bond acceptors (Lipinski definition) is 6. The van der Waals surface area contributed by atoms with Crippen LogP contribution < -0.4 is 15.1 Å². The van der Waals surface area contributed by atoms with Crippen molar-refractivity contribution in [3.05, 3.63) is 57.1 Å². The summed E-state index contributed by atoms with van der Waals surface area (Å²) in [5, 5.41) is 14.8. The molecule has 2 aromatic carbocycles. The van der Waals surface area contributed by atoms with Gasteiger partial charge in [-0.05, 0) is 45.2 Å². The number of anilines is 3. The topological polar surface area (TPSA) is 82.0 Å². The van der Waals surface area contributed by atoms with Crippen molar-refractivity contribution >= 4 is 40.3 Å². The summed E-state index contributed by atoms with van der Waals surface area (Å²) in [6, 6.07) is 9.84. The lowest BCUT2D eigenvalue weighted by molar-refractivity contribution is -0.384. The van der Waals surface area contributed by atoms with Crippen LogP contribution in [0.2, 0.25) is 5.02 Å². The molecule has 0 bridgehead atoms. The fourth-order valence-electron chi connectivity index (χ4n) is 3.78. The number of amides is 1. The first-order valence-electron chi connectivity index (χ1n) is 10.4. The monoisotopic (exact) mass is 445 g/mol. The van der Waals surface area contributed by atoms with E-state index in [9.17, 15) is 14.9 Å². The Morgan fingerprint density at radius 1 is 1.13 bits per heavy atom. The van der Waals surface area contributed by atoms with E-state index in [1.54, 1.807) is 18.2 Å². The van der Waals surface area contributed by atoms with Gasteiger partial charge in [0.25, 0.3) is 11.6 Å². The van der Waals surface area contributed by atoms with Gasteiger partial charge < -0.3 is 20.0 Å². The smallest absolute Gasteiger partial charge is 0.270 e. The summed E-state index contributed by atoms with van der Waals surface area (Å²) >= 11 is 6.23. The van der Waals surface area contributed by atoms with Gasteiger partial charge in [-0.3, -0.25) is 14.9 Å². The van der Waals surface area contributed by atoms with Crippen LogP contribution in [0.3, 0.4) is 0 Å². The Balaban J connectivity index is 1.97. The van der Waals surface area contributed by atoms with Crippen LogP contribution in [-0.4, -0.2) is 62.0 Å². The van der Waals surface area contributed by atoms with Gasteiger partial charge in [0.05, 0.1) is 27.5 Å². The Morgan fingerprint density at radius 2 is 1.81 bits per heavy atom. The number of rotatable bonds is 7. The Kier molecular flexibility index (Phi) is 7.35. The number of benzene rings is 2. The lowest BCUT2D eigenvalue weighted by Gasteiger charge is -2.35. The number of nitrogens with zero attached hydrogens (tertiary/aromatic N) is 4. The first kappa shape index (κ1) is 22.8. The molecule has 8 nitrogen and oxygen atoms in total. The predicted molar refractivity (Wildman–Crippen MR) is 126 cm³/mol. The third kappa shape index (κ3) is 5.26. The van der Waals surface area contributed by atoms with Crippen LogP contribution in [0.1, 0.15) is 24.2 Å². The Morgan fingerprint density at radius 3 is 2.42 bits per heavy atom. The zero-order valence-electron chi connectivity index (χ0n) is 18.1. The fourth-order valence-corrected chi connectivity index (χ4v) is 3.95. The van der Waals surface area contributed by atoms with Gasteiger partial charge in [-0.15, -0.1) is 0 Å². The number of carbonyl (C=O) groups excluding carboxylic acids is 1. The van der Waals surface area contributed by atoms with Gasteiger partial charge in [0.1, 0.15) is 0 Å². The molecule has 1 heterocycles. The van der Waals surface area contributed by atoms with E-state index in [1.165, 1.54) is 12.1 Å². The largest absolute Gasteiger partial charge is 0.371 e. The van der Waals surface area contributed by atoms with E-state index in [0.29, 0.717) is 29.5 Å². The lowest BCUT2D eigenvalue weighted by atomic mass is 10.1. The second kappa shape index (κ2) is 9.98. The highest BCUT2D eigenvalue weighted by molar-refractivity contribution is 6.31. The second-order valence-electron chi connectivity index (χ2n) is 7.54. The standard InChI is InChI=1S/C22H28ClN5O3/c1-4-26(5-2)20-9-7-17(28(30)31)15-18(20)22(29)24-19-14-16(23)6-8-21(19)27-12-10-25(3)11-13-27/h6-9,14-15H,4-5,10-13H2,1-3H3,(H,24,29). The zero-order valence-corrected chi connectivity index (χ0v) is 18.9. The number of piperazine rings is 1. The summed E-state index contributed by atoms with van der Waals surface area (Å²) in [5.41, 5.74) is 2.30. The number of carbonyl (C=O) groups is 1. The minimum atomic E-state index is -0.488. The van der Waals surface area contributed by atoms with Gasteiger partial charge in [-0.2, -0.15) is 0 Å². The van der Waals surface area contributed by atoms with Crippen molar-refractivity contribution in [1.82, 2.24) is 4.90 Å². The molecule has 1 aliphatic rings. The molecule has 1 amide bonds. The summed E-state index contributed by atoms with van der Waals surface area (Å²) in [6.45, 7) is 8.84. The van der Waals surface area contributed by atoms with Crippen molar-refractivity contribution in [2.75, 3.05) is 61.4 Å². The van der Waals surface area contributed by atoms with Crippen LogP contribution in [0.25, 0.3) is 0 Å². The molecule has 1 saturated heterocycles. The van der Waals surface area contributed by atoms with E-state index in [1.807, 2.05) is 24.8 Å². The molecule has 166 valence electrons. The first-order valence-corrected chi connectivity index (χ1v) is 10.8. The maximum atomic E-state index is 13.3. The first-order chi connectivity index (χ1) is 14.8. The average molecular weight is 446 g/mol. The minimum absolute atomic E-state index is 0.119. The van der Waals surface area contributed by atoms with E-state index in [2.05, 4.69) is 22.2 Å². The normalized spacial score (nSPS) is 14.4. The highest BCUT2D eigenvalue weighted by Gasteiger charge is 2.22. The average Bonchev–Trinajstić information content (AvgIpc) is 2.75. The molecule has 0 unspecified atom stereocenters. The molecule has 0 saturated carbocycles. The van der Waals surface area contributed by atoms with E-state index >= 15 is 0 Å². The molecule has 0 aliphatic carbocycles. The molecule has 31 heavy (non-hydrogen) atoms. The molecule has 1 aliphatic heterocycles. The number of halogens is 1. The number of non-ortho nitro benzene ring substituents is 1. The van der Waals surface area contributed by atoms with Gasteiger partial charge in [-0.1, -0.05) is 11.6 Å². The van der Waals surface area contributed by atoms with Crippen molar-refractivity contribution in [2.45, 2.75) is 13.8 Å². The second-order valence-corrected chi connectivity index (χ2v) is 7.97. The summed E-state index contributed by atoms with van der Waals surface area (Å²) in [5.74, 6) is -0.400. The van der Waals surface area contributed by atoms with Crippen molar-refractivity contribution in [2.24, 2.45) is 0 Å². The van der Waals surface area contributed by atoms with Crippen molar-refractivity contribution in [1.29, 1.82) is 0 Å². The van der Waals surface area contributed by atoms with Crippen LogP contribution >= 0.6 is 11.6 Å². The summed E-state index contributed by atoms with van der Waals surface area (Å²) in [7, 11) is 2.08. The van der Waals surface area contributed by atoms with E-state index in [0.717, 1.165) is 31.9 Å². The van der Waals surface area contributed by atoms with Gasteiger partial charge in [0.2, 0.25) is 0 Å². The highest BCUT2D eigenvalue weighted by atomic mass is 35.5. The maximum absolute atomic E-state index is 13.3. The molecule has 3 rings (SSSR count). The van der Waals surface area contributed by atoms with Crippen LogP contribution in [0.4, 0.5) is 22.7 Å². The number of nitro groups is 1. The van der Waals surface area contributed by atoms with Gasteiger partial charge in [0.15, 0.2) is 0 Å². The Bertz CT molecular complexity index is 956. The van der Waals surface area contributed by atoms with Gasteiger partial charge in [0, 0.05) is 56.4 Å². The zero-order chi connectivity index (χ0) is 22.5. The predicted octanol–water partition coefficient (Wildman–Crippen LogP) is 4.10. The van der Waals surface area contributed by atoms with E-state index in [4.69, 9.17) is 11.6 Å². The molecule has 0 atom stereocenters. The van der Waals surface area contributed by atoms with Crippen LogP contribution in [0.15, 0.2) is 36.4 Å². The molecule has 1 N–H and O–H groups in total. The van der Waals surface area contributed by atoms with Crippen molar-refractivity contribution in [3.63, 3.8) is 0 Å². The van der Waals surface area contributed by atoms with E-state index < -0.39 is 10.8 Å². The number of likely N-dealkylation sites (N-methyl/N-ethyl adjacent to an activating group) is 1. The van der Waals surface area contributed by atoms with Crippen LogP contribution in [0, 0.1) is 10.1 Å². The molecule has 0 aromatic heterocycles. The third-order valence-corrected chi connectivity index (χ3v) is 5.83. The molecular weight excluding hydrogens is 418 g/mol. The van der Waals surface area contributed by atoms with Crippen LogP contribution in [0.5, 0.6) is 0 Å². The summed E-state index contributed by atoms with van der Waals surface area (Å²) in [4.78, 5) is 30.6. The molecular formula is C22H28ClN5O3. The van der Waals surface area contributed by atoms with Gasteiger partial charge in [-0.25, -0.2) is 0 Å². The van der Waals surface area contributed by atoms with Crippen molar-refractivity contribution in [3.8, 4) is 0 Å². The number of nitro benzene ring substituents is 1. The fraction of sp³-hybridized carbons (Fsp3) is 0.409. The number of hydrogen-bond donors (Lipinski definition) is 1. The Labute approximate surface area is 187 Å². The van der Waals surface area contributed by atoms with E-state index in [-0.39, 0.29) is 11.3 Å². The SMILES string of the molecule is CCN(CC)c1ccc([N+](=O)[O-])cc1C(=O)Nc1cc(Cl)ccc1N1CCN(C)CC1. The molecule has 2 aromatic rings. The molecule has 0 radical (unpaired) electrons. The van der Waals surface area contributed by atoms with Crippen LogP contribution in [-0.2, 0) is 0 Å². The Hall–Kier alpha value is -2.84. The third-order valence-electron chi connectivity index (χ3n) is 5.59. The minimum Gasteiger partial charge on any atom is -0.371 e. The number of nitrogens with one attached hydrogen (secondary N) is 1. The molecule has 9 heteroatoms.